The van der Waals surface area contributed by atoms with Crippen molar-refractivity contribution in [2.75, 3.05) is 13.4 Å². The second-order valence-electron chi connectivity index (χ2n) is 4.77. The SMILES string of the molecule is COC(=O)[C@H](C)Oc1ccc(Cl)cc1Oc1ccc(SC)cc1Cl. The van der Waals surface area contributed by atoms with Gasteiger partial charge in [0.15, 0.2) is 17.6 Å². The molecule has 0 fully saturated rings. The van der Waals surface area contributed by atoms with Crippen LogP contribution in [0.2, 0.25) is 10.0 Å². The third-order valence-corrected chi connectivity index (χ3v) is 4.36. The Bertz CT molecular complexity index is 737. The molecular weight excluding hydrogens is 371 g/mol. The summed E-state index contributed by atoms with van der Waals surface area (Å²) in [5.41, 5.74) is 0. The first kappa shape index (κ1) is 18.8. The molecule has 4 nitrogen and oxygen atoms in total. The maximum atomic E-state index is 11.5. The Morgan fingerprint density at radius 1 is 1.08 bits per heavy atom. The van der Waals surface area contributed by atoms with Gasteiger partial charge in [-0.2, -0.15) is 0 Å². The second kappa shape index (κ2) is 8.51. The molecule has 2 rings (SSSR count). The Kier molecular flexibility index (Phi) is 6.66. The van der Waals surface area contributed by atoms with Crippen LogP contribution in [0.3, 0.4) is 0 Å². The molecule has 0 bridgehead atoms. The van der Waals surface area contributed by atoms with Crippen LogP contribution in [-0.4, -0.2) is 25.4 Å². The number of methoxy groups -OCH3 is 1. The summed E-state index contributed by atoms with van der Waals surface area (Å²) >= 11 is 13.9. The van der Waals surface area contributed by atoms with Gasteiger partial charge in [0.1, 0.15) is 5.75 Å². The smallest absolute Gasteiger partial charge is 0.346 e. The minimum Gasteiger partial charge on any atom is -0.475 e. The van der Waals surface area contributed by atoms with Gasteiger partial charge in [0.05, 0.1) is 12.1 Å². The zero-order valence-electron chi connectivity index (χ0n) is 13.3. The molecule has 0 unspecified atom stereocenters. The first-order valence-corrected chi connectivity index (χ1v) is 8.98. The monoisotopic (exact) mass is 386 g/mol. The van der Waals surface area contributed by atoms with E-state index in [0.29, 0.717) is 27.3 Å². The molecule has 0 saturated heterocycles. The fraction of sp³-hybridized carbons (Fsp3) is 0.235. The number of ether oxygens (including phenoxy) is 3. The zero-order valence-corrected chi connectivity index (χ0v) is 15.7. The maximum Gasteiger partial charge on any atom is 0.346 e. The molecule has 0 spiro atoms. The predicted octanol–water partition coefficient (Wildman–Crippen LogP) is 5.45. The lowest BCUT2D eigenvalue weighted by molar-refractivity contribution is -0.147. The Morgan fingerprint density at radius 2 is 1.79 bits per heavy atom. The highest BCUT2D eigenvalue weighted by molar-refractivity contribution is 7.98. The fourth-order valence-corrected chi connectivity index (χ4v) is 2.76. The van der Waals surface area contributed by atoms with Crippen molar-refractivity contribution in [3.63, 3.8) is 0 Å². The lowest BCUT2D eigenvalue weighted by Crippen LogP contribution is -2.25. The van der Waals surface area contributed by atoms with Gasteiger partial charge in [-0.3, -0.25) is 0 Å². The van der Waals surface area contributed by atoms with Gasteiger partial charge >= 0.3 is 5.97 Å². The zero-order chi connectivity index (χ0) is 17.7. The lowest BCUT2D eigenvalue weighted by Gasteiger charge is -2.17. The van der Waals surface area contributed by atoms with Gasteiger partial charge < -0.3 is 14.2 Å². The van der Waals surface area contributed by atoms with E-state index in [9.17, 15) is 4.79 Å². The van der Waals surface area contributed by atoms with Crippen LogP contribution in [0.5, 0.6) is 17.2 Å². The molecule has 1 atom stereocenters. The van der Waals surface area contributed by atoms with Crippen molar-refractivity contribution in [2.24, 2.45) is 0 Å². The normalized spacial score (nSPS) is 11.7. The molecule has 0 saturated carbocycles. The van der Waals surface area contributed by atoms with E-state index in [-0.39, 0.29) is 0 Å². The van der Waals surface area contributed by atoms with Crippen molar-refractivity contribution < 1.29 is 19.0 Å². The number of hydrogen-bond acceptors (Lipinski definition) is 5. The minimum atomic E-state index is -0.784. The van der Waals surface area contributed by atoms with E-state index in [1.807, 2.05) is 18.4 Å². The van der Waals surface area contributed by atoms with Crippen molar-refractivity contribution in [3.05, 3.63) is 46.4 Å². The summed E-state index contributed by atoms with van der Waals surface area (Å²) in [6.07, 6.45) is 1.18. The Morgan fingerprint density at radius 3 is 2.42 bits per heavy atom. The molecule has 7 heteroatoms. The fourth-order valence-electron chi connectivity index (χ4n) is 1.87. The van der Waals surface area contributed by atoms with E-state index in [4.69, 9.17) is 32.7 Å². The summed E-state index contributed by atoms with van der Waals surface area (Å²) in [5, 5.41) is 0.939. The van der Waals surface area contributed by atoms with Crippen LogP contribution in [0.4, 0.5) is 0 Å². The van der Waals surface area contributed by atoms with Gasteiger partial charge in [-0.25, -0.2) is 4.79 Å². The number of halogens is 2. The van der Waals surface area contributed by atoms with E-state index in [1.165, 1.54) is 7.11 Å². The van der Waals surface area contributed by atoms with Crippen LogP contribution in [0.25, 0.3) is 0 Å². The molecule has 0 aliphatic heterocycles. The van der Waals surface area contributed by atoms with E-state index in [1.54, 1.807) is 43.0 Å². The van der Waals surface area contributed by atoms with Crippen LogP contribution in [0.15, 0.2) is 41.3 Å². The Balaban J connectivity index is 2.29. The average Bonchev–Trinajstić information content (AvgIpc) is 2.58. The third kappa shape index (κ3) is 4.72. The topological polar surface area (TPSA) is 44.8 Å². The molecule has 0 amide bonds. The Hall–Kier alpha value is -1.56. The summed E-state index contributed by atoms with van der Waals surface area (Å²) < 4.78 is 16.1. The Labute approximate surface area is 155 Å². The summed E-state index contributed by atoms with van der Waals surface area (Å²) in [4.78, 5) is 12.6. The quantitative estimate of drug-likeness (QED) is 0.487. The summed E-state index contributed by atoms with van der Waals surface area (Å²) in [5.74, 6) is 0.699. The summed E-state index contributed by atoms with van der Waals surface area (Å²) in [7, 11) is 1.30. The molecule has 0 N–H and O–H groups in total. The number of benzene rings is 2. The molecule has 0 heterocycles. The standard InChI is InChI=1S/C17H16Cl2O4S/c1-10(17(20)21-2)22-15-6-4-11(18)8-16(15)23-14-7-5-12(24-3)9-13(14)19/h4-10H,1-3H3/t10-/m0/s1. The third-order valence-electron chi connectivity index (χ3n) is 3.10. The van der Waals surface area contributed by atoms with E-state index in [2.05, 4.69) is 4.74 Å². The number of carbonyl (C=O) groups excluding carboxylic acids is 1. The molecule has 128 valence electrons. The summed E-state index contributed by atoms with van der Waals surface area (Å²) in [6.45, 7) is 1.59. The molecule has 0 aliphatic carbocycles. The number of hydrogen-bond donors (Lipinski definition) is 0. The molecule has 0 aliphatic rings. The highest BCUT2D eigenvalue weighted by Gasteiger charge is 2.18. The van der Waals surface area contributed by atoms with Crippen LogP contribution in [-0.2, 0) is 9.53 Å². The molecule has 2 aromatic rings. The van der Waals surface area contributed by atoms with Crippen LogP contribution < -0.4 is 9.47 Å². The first-order valence-electron chi connectivity index (χ1n) is 7.00. The predicted molar refractivity (Wildman–Crippen MR) is 96.9 cm³/mol. The van der Waals surface area contributed by atoms with Crippen molar-refractivity contribution in [3.8, 4) is 17.2 Å². The van der Waals surface area contributed by atoms with E-state index < -0.39 is 12.1 Å². The van der Waals surface area contributed by atoms with Gasteiger partial charge in [0.2, 0.25) is 0 Å². The van der Waals surface area contributed by atoms with Crippen LogP contribution in [0.1, 0.15) is 6.92 Å². The number of esters is 1. The van der Waals surface area contributed by atoms with Gasteiger partial charge in [-0.1, -0.05) is 23.2 Å². The summed E-state index contributed by atoms with van der Waals surface area (Å²) in [6, 6.07) is 10.3. The largest absolute Gasteiger partial charge is 0.475 e. The molecule has 24 heavy (non-hydrogen) atoms. The van der Waals surface area contributed by atoms with Gasteiger partial charge in [-0.05, 0) is 43.5 Å². The number of rotatable bonds is 6. The highest BCUT2D eigenvalue weighted by atomic mass is 35.5. The number of carbonyl (C=O) groups is 1. The van der Waals surface area contributed by atoms with Gasteiger partial charge in [0.25, 0.3) is 0 Å². The van der Waals surface area contributed by atoms with Crippen molar-refractivity contribution in [1.82, 2.24) is 0 Å². The van der Waals surface area contributed by atoms with Gasteiger partial charge in [0, 0.05) is 16.0 Å². The van der Waals surface area contributed by atoms with Crippen molar-refractivity contribution in [2.45, 2.75) is 17.9 Å². The molecule has 0 aromatic heterocycles. The van der Waals surface area contributed by atoms with Crippen molar-refractivity contribution in [1.29, 1.82) is 0 Å². The van der Waals surface area contributed by atoms with Crippen LogP contribution in [0, 0.1) is 0 Å². The van der Waals surface area contributed by atoms with E-state index in [0.717, 1.165) is 4.90 Å². The minimum absolute atomic E-state index is 0.358. The molecular formula is C17H16Cl2O4S. The van der Waals surface area contributed by atoms with Crippen LogP contribution >= 0.6 is 35.0 Å². The lowest BCUT2D eigenvalue weighted by atomic mass is 10.3. The average molecular weight is 387 g/mol. The number of thioether (sulfide) groups is 1. The molecule has 0 radical (unpaired) electrons. The second-order valence-corrected chi connectivity index (χ2v) is 6.50. The maximum absolute atomic E-state index is 11.5. The molecule has 2 aromatic carbocycles. The first-order chi connectivity index (χ1) is 11.4. The van der Waals surface area contributed by atoms with E-state index >= 15 is 0 Å². The van der Waals surface area contributed by atoms with Crippen molar-refractivity contribution >= 4 is 40.9 Å². The highest BCUT2D eigenvalue weighted by Crippen LogP contribution is 2.38. The van der Waals surface area contributed by atoms with Gasteiger partial charge in [-0.15, -0.1) is 11.8 Å².